The number of hydrogen-bond donors (Lipinski definition) is 1. The standard InChI is InChI=1S/C24H23NO3/c1-3-28-22-15-8-7-14-21(22)25-24(27)17(2)19-12-9-13-20(16-19)23(26)18-10-5-4-6-11-18/h4-17H,3H2,1-2H3,(H,25,27)/t17-/m1/s1. The van der Waals surface area contributed by atoms with E-state index in [9.17, 15) is 9.59 Å². The summed E-state index contributed by atoms with van der Waals surface area (Å²) in [4.78, 5) is 25.5. The second-order valence-electron chi connectivity index (χ2n) is 6.46. The molecule has 0 aromatic heterocycles. The minimum Gasteiger partial charge on any atom is -0.492 e. The van der Waals surface area contributed by atoms with Crippen LogP contribution < -0.4 is 10.1 Å². The largest absolute Gasteiger partial charge is 0.492 e. The zero-order valence-corrected chi connectivity index (χ0v) is 16.0. The third-order valence-corrected chi connectivity index (χ3v) is 4.52. The van der Waals surface area contributed by atoms with Crippen molar-refractivity contribution >= 4 is 17.4 Å². The lowest BCUT2D eigenvalue weighted by molar-refractivity contribution is -0.117. The lowest BCUT2D eigenvalue weighted by Gasteiger charge is -2.16. The van der Waals surface area contributed by atoms with Gasteiger partial charge < -0.3 is 10.1 Å². The SMILES string of the molecule is CCOc1ccccc1NC(=O)[C@H](C)c1cccc(C(=O)c2ccccc2)c1. The highest BCUT2D eigenvalue weighted by atomic mass is 16.5. The highest BCUT2D eigenvalue weighted by Crippen LogP contribution is 2.26. The number of hydrogen-bond acceptors (Lipinski definition) is 3. The number of ether oxygens (including phenoxy) is 1. The van der Waals surface area contributed by atoms with E-state index in [0.717, 1.165) is 5.56 Å². The van der Waals surface area contributed by atoms with Crippen molar-refractivity contribution in [2.75, 3.05) is 11.9 Å². The molecule has 1 N–H and O–H groups in total. The summed E-state index contributed by atoms with van der Waals surface area (Å²) >= 11 is 0. The molecular weight excluding hydrogens is 350 g/mol. The first-order valence-electron chi connectivity index (χ1n) is 9.32. The van der Waals surface area contributed by atoms with Gasteiger partial charge >= 0.3 is 0 Å². The summed E-state index contributed by atoms with van der Waals surface area (Å²) in [5.41, 5.74) is 2.62. The Bertz CT molecular complexity index is 966. The van der Waals surface area contributed by atoms with Gasteiger partial charge in [0.1, 0.15) is 5.75 Å². The number of amides is 1. The zero-order valence-electron chi connectivity index (χ0n) is 16.0. The van der Waals surface area contributed by atoms with Crippen LogP contribution in [0.4, 0.5) is 5.69 Å². The van der Waals surface area contributed by atoms with E-state index in [0.29, 0.717) is 29.2 Å². The lowest BCUT2D eigenvalue weighted by Crippen LogP contribution is -2.19. The molecule has 3 rings (SSSR count). The Morgan fingerprint density at radius 1 is 0.893 bits per heavy atom. The third kappa shape index (κ3) is 4.46. The van der Waals surface area contributed by atoms with Crippen molar-refractivity contribution in [1.82, 2.24) is 0 Å². The second kappa shape index (κ2) is 9.00. The molecule has 0 fully saturated rings. The van der Waals surface area contributed by atoms with E-state index in [1.54, 1.807) is 24.3 Å². The lowest BCUT2D eigenvalue weighted by atomic mass is 9.95. The smallest absolute Gasteiger partial charge is 0.231 e. The highest BCUT2D eigenvalue weighted by molar-refractivity contribution is 6.09. The average Bonchev–Trinajstić information content (AvgIpc) is 2.75. The molecule has 0 heterocycles. The molecule has 0 aliphatic carbocycles. The Morgan fingerprint density at radius 2 is 1.57 bits per heavy atom. The molecule has 0 spiro atoms. The predicted molar refractivity (Wildman–Crippen MR) is 111 cm³/mol. The summed E-state index contributed by atoms with van der Waals surface area (Å²) in [6, 6.07) is 23.7. The highest BCUT2D eigenvalue weighted by Gasteiger charge is 2.18. The zero-order chi connectivity index (χ0) is 19.9. The summed E-state index contributed by atoms with van der Waals surface area (Å²) in [5.74, 6) is 0.00461. The Balaban J connectivity index is 1.78. The quantitative estimate of drug-likeness (QED) is 0.589. The average molecular weight is 373 g/mol. The summed E-state index contributed by atoms with van der Waals surface area (Å²) < 4.78 is 5.56. The van der Waals surface area contributed by atoms with Crippen LogP contribution in [-0.4, -0.2) is 18.3 Å². The van der Waals surface area contributed by atoms with E-state index >= 15 is 0 Å². The first kappa shape index (κ1) is 19.4. The van der Waals surface area contributed by atoms with Gasteiger partial charge in [0.2, 0.25) is 5.91 Å². The molecule has 0 unspecified atom stereocenters. The molecule has 0 saturated carbocycles. The van der Waals surface area contributed by atoms with Crippen molar-refractivity contribution in [1.29, 1.82) is 0 Å². The van der Waals surface area contributed by atoms with E-state index < -0.39 is 5.92 Å². The molecule has 142 valence electrons. The maximum Gasteiger partial charge on any atom is 0.231 e. The molecule has 0 aliphatic rings. The van der Waals surface area contributed by atoms with Gasteiger partial charge in [0.15, 0.2) is 5.78 Å². The van der Waals surface area contributed by atoms with Gasteiger partial charge in [-0.1, -0.05) is 60.7 Å². The molecule has 3 aromatic rings. The number of anilines is 1. The Labute approximate surface area is 165 Å². The van der Waals surface area contributed by atoms with Gasteiger partial charge in [0.25, 0.3) is 0 Å². The maximum atomic E-state index is 12.8. The number of nitrogens with one attached hydrogen (secondary N) is 1. The molecule has 4 nitrogen and oxygen atoms in total. The Kier molecular flexibility index (Phi) is 6.22. The molecule has 0 aliphatic heterocycles. The van der Waals surface area contributed by atoms with Gasteiger partial charge in [-0.25, -0.2) is 0 Å². The van der Waals surface area contributed by atoms with Crippen molar-refractivity contribution in [2.24, 2.45) is 0 Å². The topological polar surface area (TPSA) is 55.4 Å². The van der Waals surface area contributed by atoms with E-state index in [2.05, 4.69) is 5.32 Å². The molecule has 3 aromatic carbocycles. The molecule has 0 radical (unpaired) electrons. The van der Waals surface area contributed by atoms with Crippen molar-refractivity contribution in [3.05, 3.63) is 95.6 Å². The molecule has 0 bridgehead atoms. The first-order chi connectivity index (χ1) is 13.6. The van der Waals surface area contributed by atoms with Crippen molar-refractivity contribution in [2.45, 2.75) is 19.8 Å². The van der Waals surface area contributed by atoms with E-state index in [-0.39, 0.29) is 11.7 Å². The van der Waals surface area contributed by atoms with Gasteiger partial charge in [0.05, 0.1) is 18.2 Å². The van der Waals surface area contributed by atoms with Crippen LogP contribution in [-0.2, 0) is 4.79 Å². The van der Waals surface area contributed by atoms with Crippen LogP contribution in [0, 0.1) is 0 Å². The molecular formula is C24H23NO3. The number of ketones is 1. The van der Waals surface area contributed by atoms with Crippen molar-refractivity contribution in [3.63, 3.8) is 0 Å². The predicted octanol–water partition coefficient (Wildman–Crippen LogP) is 5.06. The Hall–Kier alpha value is -3.40. The summed E-state index contributed by atoms with van der Waals surface area (Å²) in [6.45, 7) is 4.24. The summed E-state index contributed by atoms with van der Waals surface area (Å²) in [6.07, 6.45) is 0. The number of carbonyl (C=O) groups is 2. The molecule has 28 heavy (non-hydrogen) atoms. The van der Waals surface area contributed by atoms with Crippen molar-refractivity contribution < 1.29 is 14.3 Å². The van der Waals surface area contributed by atoms with Gasteiger partial charge in [-0.2, -0.15) is 0 Å². The first-order valence-corrected chi connectivity index (χ1v) is 9.32. The number of para-hydroxylation sites is 2. The normalized spacial score (nSPS) is 11.5. The van der Waals surface area contributed by atoms with Crippen LogP contribution in [0.25, 0.3) is 0 Å². The number of rotatable bonds is 7. The second-order valence-corrected chi connectivity index (χ2v) is 6.46. The third-order valence-electron chi connectivity index (χ3n) is 4.52. The van der Waals surface area contributed by atoms with Gasteiger partial charge in [-0.3, -0.25) is 9.59 Å². The van der Waals surface area contributed by atoms with Gasteiger partial charge in [-0.05, 0) is 37.6 Å². The fourth-order valence-electron chi connectivity index (χ4n) is 2.95. The van der Waals surface area contributed by atoms with Crippen LogP contribution in [0.1, 0.15) is 41.3 Å². The van der Waals surface area contributed by atoms with E-state index in [1.165, 1.54) is 0 Å². The summed E-state index contributed by atoms with van der Waals surface area (Å²) in [7, 11) is 0. The van der Waals surface area contributed by atoms with E-state index in [1.807, 2.05) is 68.4 Å². The molecule has 4 heteroatoms. The summed E-state index contributed by atoms with van der Waals surface area (Å²) in [5, 5.41) is 2.93. The van der Waals surface area contributed by atoms with Crippen LogP contribution in [0.3, 0.4) is 0 Å². The minimum atomic E-state index is -0.418. The fraction of sp³-hybridized carbons (Fsp3) is 0.167. The monoisotopic (exact) mass is 373 g/mol. The van der Waals surface area contributed by atoms with Crippen molar-refractivity contribution in [3.8, 4) is 5.75 Å². The molecule has 1 amide bonds. The minimum absolute atomic E-state index is 0.0586. The molecule has 1 atom stereocenters. The van der Waals surface area contributed by atoms with E-state index in [4.69, 9.17) is 4.74 Å². The Morgan fingerprint density at radius 3 is 2.32 bits per heavy atom. The van der Waals surface area contributed by atoms with Gasteiger partial charge in [-0.15, -0.1) is 0 Å². The van der Waals surface area contributed by atoms with Crippen LogP contribution >= 0.6 is 0 Å². The van der Waals surface area contributed by atoms with Gasteiger partial charge in [0, 0.05) is 11.1 Å². The maximum absolute atomic E-state index is 12.8. The molecule has 0 saturated heterocycles. The van der Waals surface area contributed by atoms with Crippen LogP contribution in [0.5, 0.6) is 5.75 Å². The number of carbonyl (C=O) groups excluding carboxylic acids is 2. The number of benzene rings is 3. The van der Waals surface area contributed by atoms with Crippen LogP contribution in [0.2, 0.25) is 0 Å². The van der Waals surface area contributed by atoms with Crippen LogP contribution in [0.15, 0.2) is 78.9 Å². The fourth-order valence-corrected chi connectivity index (χ4v) is 2.95.